The molecular weight excluding hydrogens is 290 g/mol. The van der Waals surface area contributed by atoms with Gasteiger partial charge in [0.15, 0.2) is 0 Å². The van der Waals surface area contributed by atoms with E-state index in [4.69, 9.17) is 11.6 Å². The van der Waals surface area contributed by atoms with Gasteiger partial charge < -0.3 is 0 Å². The van der Waals surface area contributed by atoms with E-state index >= 15 is 0 Å². The predicted molar refractivity (Wildman–Crippen MR) is 57.7 cm³/mol. The average molecular weight is 297 g/mol. The first-order valence-corrected chi connectivity index (χ1v) is 6.53. The van der Waals surface area contributed by atoms with Crippen molar-refractivity contribution in [2.24, 2.45) is 0 Å². The first-order valence-electron chi connectivity index (χ1n) is 3.86. The maximum atomic E-state index is 11.8. The lowest BCUT2D eigenvalue weighted by Gasteiger charge is -2.10. The summed E-state index contributed by atoms with van der Waals surface area (Å²) in [4.78, 5) is 0.286. The van der Waals surface area contributed by atoms with Crippen LogP contribution in [0.3, 0.4) is 0 Å². The summed E-state index contributed by atoms with van der Waals surface area (Å²) < 4.78 is 25.4. The molecule has 0 fully saturated rings. The molecule has 1 unspecified atom stereocenters. The second kappa shape index (κ2) is 3.20. The monoisotopic (exact) mass is 295 g/mol. The zero-order valence-corrected chi connectivity index (χ0v) is 10.4. The van der Waals surface area contributed by atoms with E-state index in [9.17, 15) is 8.42 Å². The van der Waals surface area contributed by atoms with Crippen molar-refractivity contribution in [1.82, 2.24) is 4.31 Å². The van der Waals surface area contributed by atoms with Crippen LogP contribution < -0.4 is 0 Å². The van der Waals surface area contributed by atoms with Crippen LogP contribution in [0.25, 0.3) is 0 Å². The Hall–Kier alpha value is -0.100. The lowest BCUT2D eigenvalue weighted by atomic mass is 10.2. The lowest BCUT2D eigenvalue weighted by Crippen LogP contribution is -2.20. The molecule has 1 atom stereocenters. The number of rotatable bonds is 0. The second-order valence-electron chi connectivity index (χ2n) is 3.04. The van der Waals surface area contributed by atoms with E-state index in [0.29, 0.717) is 5.56 Å². The minimum atomic E-state index is -3.38. The fourth-order valence-electron chi connectivity index (χ4n) is 1.40. The summed E-state index contributed by atoms with van der Waals surface area (Å²) in [5.74, 6) is 0. The van der Waals surface area contributed by atoms with E-state index in [2.05, 4.69) is 15.9 Å². The summed E-state index contributed by atoms with van der Waals surface area (Å²) >= 11 is 9.19. The van der Waals surface area contributed by atoms with Gasteiger partial charge in [-0.3, -0.25) is 0 Å². The predicted octanol–water partition coefficient (Wildman–Crippen LogP) is 2.32. The van der Waals surface area contributed by atoms with Crippen molar-refractivity contribution in [3.05, 3.63) is 28.2 Å². The van der Waals surface area contributed by atoms with Crippen LogP contribution in [-0.4, -0.2) is 19.8 Å². The number of benzene rings is 1. The van der Waals surface area contributed by atoms with E-state index in [1.54, 1.807) is 18.2 Å². The van der Waals surface area contributed by atoms with Crippen LogP contribution in [0.1, 0.15) is 11.1 Å². The highest BCUT2D eigenvalue weighted by atomic mass is 79.9. The van der Waals surface area contributed by atoms with Crippen molar-refractivity contribution in [2.75, 3.05) is 7.05 Å². The quantitative estimate of drug-likeness (QED) is 0.544. The van der Waals surface area contributed by atoms with Crippen molar-refractivity contribution in [3.63, 3.8) is 0 Å². The van der Waals surface area contributed by atoms with Gasteiger partial charge >= 0.3 is 0 Å². The number of alkyl halides is 1. The van der Waals surface area contributed by atoms with E-state index in [0.717, 1.165) is 8.78 Å². The largest absolute Gasteiger partial charge is 0.244 e. The van der Waals surface area contributed by atoms with Crippen LogP contribution in [0, 0.1) is 0 Å². The summed E-state index contributed by atoms with van der Waals surface area (Å²) in [6.45, 7) is 0. The van der Waals surface area contributed by atoms with Crippen LogP contribution >= 0.6 is 27.5 Å². The van der Waals surface area contributed by atoms with Crippen molar-refractivity contribution >= 4 is 37.6 Å². The molecule has 0 saturated carbocycles. The number of fused-ring (bicyclic) bond motifs is 1. The second-order valence-corrected chi connectivity index (χ2v) is 6.33. The third-order valence-electron chi connectivity index (χ3n) is 2.21. The zero-order valence-electron chi connectivity index (χ0n) is 7.24. The maximum absolute atomic E-state index is 11.8. The van der Waals surface area contributed by atoms with Gasteiger partial charge in [-0.25, -0.2) is 8.42 Å². The zero-order chi connectivity index (χ0) is 10.5. The maximum Gasteiger partial charge on any atom is 0.244 e. The summed E-state index contributed by atoms with van der Waals surface area (Å²) in [7, 11) is -1.91. The van der Waals surface area contributed by atoms with E-state index < -0.39 is 15.5 Å². The molecule has 76 valence electrons. The van der Waals surface area contributed by atoms with E-state index in [1.165, 1.54) is 7.05 Å². The van der Waals surface area contributed by atoms with Crippen molar-refractivity contribution in [2.45, 2.75) is 10.4 Å². The topological polar surface area (TPSA) is 37.4 Å². The number of nitrogens with zero attached hydrogens (tertiary/aromatic N) is 1. The Labute approximate surface area is 95.8 Å². The van der Waals surface area contributed by atoms with Gasteiger partial charge in [-0.05, 0) is 12.1 Å². The number of sulfonamides is 1. The molecule has 2 rings (SSSR count). The van der Waals surface area contributed by atoms with Gasteiger partial charge in [0, 0.05) is 17.1 Å². The Kier molecular flexibility index (Phi) is 2.38. The summed E-state index contributed by atoms with van der Waals surface area (Å²) in [6.07, 6.45) is 0. The van der Waals surface area contributed by atoms with Gasteiger partial charge in [-0.1, -0.05) is 33.6 Å². The molecule has 6 heteroatoms. The molecule has 0 aliphatic carbocycles. The van der Waals surface area contributed by atoms with Crippen molar-refractivity contribution < 1.29 is 8.42 Å². The Balaban J connectivity index is 2.76. The minimum Gasteiger partial charge on any atom is -0.207 e. The number of halogens is 2. The van der Waals surface area contributed by atoms with Gasteiger partial charge in [0.25, 0.3) is 0 Å². The van der Waals surface area contributed by atoms with Crippen LogP contribution in [0.2, 0.25) is 0 Å². The van der Waals surface area contributed by atoms with Crippen LogP contribution in [0.5, 0.6) is 0 Å². The third-order valence-corrected chi connectivity index (χ3v) is 5.22. The van der Waals surface area contributed by atoms with Gasteiger partial charge in [0.2, 0.25) is 10.0 Å². The fraction of sp³-hybridized carbons (Fsp3) is 0.250. The molecule has 1 heterocycles. The summed E-state index contributed by atoms with van der Waals surface area (Å²) in [5, 5.41) is 0. The van der Waals surface area contributed by atoms with Gasteiger partial charge in [0.1, 0.15) is 5.50 Å². The molecule has 0 aromatic heterocycles. The van der Waals surface area contributed by atoms with Crippen molar-refractivity contribution in [1.29, 1.82) is 0 Å². The molecule has 0 amide bonds. The first-order chi connectivity index (χ1) is 6.44. The van der Waals surface area contributed by atoms with Gasteiger partial charge in [0.05, 0.1) is 4.90 Å². The molecule has 0 saturated heterocycles. The van der Waals surface area contributed by atoms with Crippen LogP contribution in [-0.2, 0) is 10.0 Å². The minimum absolute atomic E-state index is 0.286. The smallest absolute Gasteiger partial charge is 0.207 e. The molecule has 0 bridgehead atoms. The average Bonchev–Trinajstić information content (AvgIpc) is 2.29. The van der Waals surface area contributed by atoms with Gasteiger partial charge in [-0.2, -0.15) is 4.31 Å². The van der Waals surface area contributed by atoms with Crippen molar-refractivity contribution in [3.8, 4) is 0 Å². The standard InChI is InChI=1S/C8H7BrClNO2S/c1-11-8(10)6-3-2-5(9)4-7(6)14(11,12)13/h2-4,8H,1H3. The third kappa shape index (κ3) is 1.31. The first kappa shape index (κ1) is 10.4. The van der Waals surface area contributed by atoms with Crippen LogP contribution in [0.4, 0.5) is 0 Å². The summed E-state index contributed by atoms with van der Waals surface area (Å²) in [6, 6.07) is 5.07. The highest BCUT2D eigenvalue weighted by Gasteiger charge is 2.38. The van der Waals surface area contributed by atoms with Gasteiger partial charge in [-0.15, -0.1) is 0 Å². The Bertz CT molecular complexity index is 488. The molecule has 14 heavy (non-hydrogen) atoms. The number of hydrogen-bond acceptors (Lipinski definition) is 2. The lowest BCUT2D eigenvalue weighted by molar-refractivity contribution is 0.476. The van der Waals surface area contributed by atoms with E-state index in [1.807, 2.05) is 0 Å². The van der Waals surface area contributed by atoms with Crippen LogP contribution in [0.15, 0.2) is 27.6 Å². The summed E-state index contributed by atoms with van der Waals surface area (Å²) in [5.41, 5.74) is 0.0421. The highest BCUT2D eigenvalue weighted by Crippen LogP contribution is 2.41. The molecular formula is C8H7BrClNO2S. The SMILES string of the molecule is CN1C(Cl)c2ccc(Br)cc2S1(=O)=O. The Morgan fingerprint density at radius 3 is 2.79 bits per heavy atom. The molecule has 0 radical (unpaired) electrons. The Morgan fingerprint density at radius 1 is 1.50 bits per heavy atom. The molecule has 0 spiro atoms. The Morgan fingerprint density at radius 2 is 2.14 bits per heavy atom. The molecule has 1 aromatic rings. The molecule has 1 aliphatic heterocycles. The fourth-order valence-corrected chi connectivity index (χ4v) is 3.90. The molecule has 0 N–H and O–H groups in total. The molecule has 3 nitrogen and oxygen atoms in total. The highest BCUT2D eigenvalue weighted by molar-refractivity contribution is 9.10. The molecule has 1 aromatic carbocycles. The molecule has 1 aliphatic rings. The van der Waals surface area contributed by atoms with E-state index in [-0.39, 0.29) is 4.90 Å². The number of hydrogen-bond donors (Lipinski definition) is 0. The normalized spacial score (nSPS) is 24.9.